The number of anilines is 1. The van der Waals surface area contributed by atoms with E-state index in [2.05, 4.69) is 15.6 Å². The van der Waals surface area contributed by atoms with Crippen LogP contribution >= 0.6 is 11.3 Å². The minimum absolute atomic E-state index is 0.0603. The second kappa shape index (κ2) is 7.48. The molecule has 8 heteroatoms. The number of carboxylic acid groups (broad SMARTS) is 1. The fourth-order valence-corrected chi connectivity index (χ4v) is 4.45. The number of aromatic nitrogens is 1. The largest absolute Gasteiger partial charge is 0.480 e. The lowest BCUT2D eigenvalue weighted by Crippen LogP contribution is -2.55. The minimum Gasteiger partial charge on any atom is -0.480 e. The van der Waals surface area contributed by atoms with Gasteiger partial charge in [-0.3, -0.25) is 15.0 Å². The van der Waals surface area contributed by atoms with Gasteiger partial charge < -0.3 is 10.4 Å². The molecule has 0 unspecified atom stereocenters. The number of urea groups is 1. The van der Waals surface area contributed by atoms with E-state index in [0.717, 1.165) is 31.4 Å². The molecule has 7 nitrogen and oxygen atoms in total. The molecule has 0 saturated heterocycles. The fourth-order valence-electron chi connectivity index (χ4n) is 3.40. The molecule has 0 bridgehead atoms. The molecule has 0 spiro atoms. The number of carbonyl (C=O) groups excluding carboxylic acids is 1. The molecule has 1 saturated carbocycles. The number of fused-ring (bicyclic) bond motifs is 1. The second-order valence-corrected chi connectivity index (χ2v) is 7.56. The molecule has 132 valence electrons. The van der Waals surface area contributed by atoms with Crippen molar-refractivity contribution in [1.29, 1.82) is 0 Å². The maximum atomic E-state index is 12.1. The Morgan fingerprint density at radius 1 is 1.33 bits per heavy atom. The monoisotopic (exact) mass is 352 g/mol. The van der Waals surface area contributed by atoms with E-state index in [0.29, 0.717) is 11.7 Å². The van der Waals surface area contributed by atoms with Gasteiger partial charge in [-0.25, -0.2) is 9.78 Å². The van der Waals surface area contributed by atoms with Gasteiger partial charge in [0.2, 0.25) is 0 Å². The molecule has 2 aliphatic carbocycles. The van der Waals surface area contributed by atoms with Gasteiger partial charge in [0.1, 0.15) is 0 Å². The Bertz CT molecular complexity index is 589. The zero-order valence-electron chi connectivity index (χ0n) is 13.9. The number of carbonyl (C=O) groups is 2. The van der Waals surface area contributed by atoms with Crippen molar-refractivity contribution >= 4 is 28.5 Å². The molecule has 1 fully saturated rings. The Morgan fingerprint density at radius 2 is 2.08 bits per heavy atom. The predicted molar refractivity (Wildman–Crippen MR) is 92.6 cm³/mol. The second-order valence-electron chi connectivity index (χ2n) is 6.47. The Labute approximate surface area is 145 Å². The van der Waals surface area contributed by atoms with Crippen molar-refractivity contribution in [3.63, 3.8) is 0 Å². The lowest BCUT2D eigenvalue weighted by atomic mass is 9.85. The highest BCUT2D eigenvalue weighted by Crippen LogP contribution is 2.30. The third kappa shape index (κ3) is 4.05. The highest BCUT2D eigenvalue weighted by atomic mass is 32.1. The van der Waals surface area contributed by atoms with Crippen LogP contribution < -0.4 is 10.6 Å². The molecule has 0 aromatic carbocycles. The molecule has 2 amide bonds. The van der Waals surface area contributed by atoms with Crippen LogP contribution in [0.1, 0.15) is 43.2 Å². The number of thiazole rings is 1. The van der Waals surface area contributed by atoms with Crippen molar-refractivity contribution < 1.29 is 14.7 Å². The summed E-state index contributed by atoms with van der Waals surface area (Å²) in [6, 6.07) is 0.127. The molecule has 0 atom stereocenters. The van der Waals surface area contributed by atoms with E-state index in [9.17, 15) is 9.59 Å². The van der Waals surface area contributed by atoms with Crippen molar-refractivity contribution in [3.05, 3.63) is 10.6 Å². The smallest absolute Gasteiger partial charge is 0.321 e. The quantitative estimate of drug-likeness (QED) is 0.729. The number of hydrogen-bond acceptors (Lipinski definition) is 5. The molecular weight excluding hydrogens is 328 g/mol. The normalized spacial score (nSPS) is 22.6. The minimum atomic E-state index is -0.807. The molecule has 0 aliphatic heterocycles. The third-order valence-electron chi connectivity index (χ3n) is 4.78. The molecule has 1 aromatic rings. The molecule has 1 heterocycles. The van der Waals surface area contributed by atoms with Crippen LogP contribution in [-0.4, -0.2) is 52.2 Å². The van der Waals surface area contributed by atoms with E-state index in [4.69, 9.17) is 5.11 Å². The van der Waals surface area contributed by atoms with Gasteiger partial charge in [-0.2, -0.15) is 0 Å². The van der Waals surface area contributed by atoms with Gasteiger partial charge >= 0.3 is 12.0 Å². The highest BCUT2D eigenvalue weighted by molar-refractivity contribution is 7.15. The average molecular weight is 352 g/mol. The first-order valence-electron chi connectivity index (χ1n) is 8.57. The van der Waals surface area contributed by atoms with Crippen LogP contribution in [0, 0.1) is 0 Å². The lowest BCUT2D eigenvalue weighted by molar-refractivity contribution is -0.139. The van der Waals surface area contributed by atoms with Gasteiger partial charge in [-0.15, -0.1) is 11.3 Å². The summed E-state index contributed by atoms with van der Waals surface area (Å²) >= 11 is 1.58. The Morgan fingerprint density at radius 3 is 2.75 bits per heavy atom. The van der Waals surface area contributed by atoms with Gasteiger partial charge in [-0.1, -0.05) is 6.92 Å². The lowest BCUT2D eigenvalue weighted by Gasteiger charge is -2.42. The van der Waals surface area contributed by atoms with Crippen LogP contribution in [0.25, 0.3) is 0 Å². The Kier molecular flexibility index (Phi) is 5.35. The first-order chi connectivity index (χ1) is 11.5. The van der Waals surface area contributed by atoms with E-state index < -0.39 is 5.97 Å². The number of hydrogen-bond donors (Lipinski definition) is 3. The van der Waals surface area contributed by atoms with Gasteiger partial charge in [-0.05, 0) is 45.1 Å². The number of rotatable bonds is 6. The van der Waals surface area contributed by atoms with Crippen LogP contribution in [0.5, 0.6) is 0 Å². The molecule has 2 aliphatic rings. The number of nitrogens with one attached hydrogen (secondary N) is 2. The van der Waals surface area contributed by atoms with Crippen LogP contribution in [0.4, 0.5) is 9.93 Å². The van der Waals surface area contributed by atoms with Gasteiger partial charge in [0.15, 0.2) is 5.13 Å². The SMILES string of the molecule is CCN(CC(=O)O)C1CC(NC(=O)Nc2nc3c(s2)CCCC3)C1. The van der Waals surface area contributed by atoms with Crippen LogP contribution in [0.3, 0.4) is 0 Å². The third-order valence-corrected chi connectivity index (χ3v) is 5.85. The van der Waals surface area contributed by atoms with E-state index >= 15 is 0 Å². The van der Waals surface area contributed by atoms with Crippen LogP contribution in [-0.2, 0) is 17.6 Å². The number of carboxylic acids is 1. The molecule has 1 aromatic heterocycles. The summed E-state index contributed by atoms with van der Waals surface area (Å²) < 4.78 is 0. The standard InChI is InChI=1S/C16H24N4O3S/c1-2-20(9-14(21)22)11-7-10(8-11)17-15(23)19-16-18-12-5-3-4-6-13(12)24-16/h10-11H,2-9H2,1H3,(H,21,22)(H2,17,18,19,23). The number of aliphatic carboxylic acids is 1. The first-order valence-corrected chi connectivity index (χ1v) is 9.38. The zero-order chi connectivity index (χ0) is 17.1. The number of nitrogens with zero attached hydrogens (tertiary/aromatic N) is 2. The van der Waals surface area contributed by atoms with Crippen LogP contribution in [0.2, 0.25) is 0 Å². The van der Waals surface area contributed by atoms with E-state index in [1.54, 1.807) is 11.3 Å². The van der Waals surface area contributed by atoms with E-state index in [1.165, 1.54) is 17.7 Å². The van der Waals surface area contributed by atoms with Crippen molar-refractivity contribution in [2.75, 3.05) is 18.4 Å². The van der Waals surface area contributed by atoms with E-state index in [-0.39, 0.29) is 24.7 Å². The topological polar surface area (TPSA) is 94.6 Å². The first kappa shape index (κ1) is 17.2. The Hall–Kier alpha value is -1.67. The maximum absolute atomic E-state index is 12.1. The predicted octanol–water partition coefficient (Wildman–Crippen LogP) is 2.08. The fraction of sp³-hybridized carbons (Fsp3) is 0.688. The molecule has 0 radical (unpaired) electrons. The van der Waals surface area contributed by atoms with Gasteiger partial charge in [0.05, 0.1) is 12.2 Å². The number of likely N-dealkylation sites (N-methyl/N-ethyl adjacent to an activating group) is 1. The van der Waals surface area contributed by atoms with E-state index in [1.807, 2.05) is 11.8 Å². The molecule has 24 heavy (non-hydrogen) atoms. The van der Waals surface area contributed by atoms with Crippen molar-refractivity contribution in [1.82, 2.24) is 15.2 Å². The summed E-state index contributed by atoms with van der Waals surface area (Å²) in [4.78, 5) is 30.7. The summed E-state index contributed by atoms with van der Waals surface area (Å²) in [6.45, 7) is 2.73. The number of aryl methyl sites for hydroxylation is 2. The Balaban J connectivity index is 1.43. The van der Waals surface area contributed by atoms with Crippen molar-refractivity contribution in [2.45, 2.75) is 57.5 Å². The average Bonchev–Trinajstić information content (AvgIpc) is 2.90. The van der Waals surface area contributed by atoms with Gasteiger partial charge in [0, 0.05) is 17.0 Å². The van der Waals surface area contributed by atoms with Gasteiger partial charge in [0.25, 0.3) is 0 Å². The summed E-state index contributed by atoms with van der Waals surface area (Å²) in [6.07, 6.45) is 6.05. The number of amides is 2. The highest BCUT2D eigenvalue weighted by Gasteiger charge is 2.34. The summed E-state index contributed by atoms with van der Waals surface area (Å²) in [7, 11) is 0. The molecule has 3 N–H and O–H groups in total. The summed E-state index contributed by atoms with van der Waals surface area (Å²) in [5.41, 5.74) is 1.14. The van der Waals surface area contributed by atoms with Crippen molar-refractivity contribution in [3.8, 4) is 0 Å². The summed E-state index contributed by atoms with van der Waals surface area (Å²) in [5, 5.41) is 15.4. The zero-order valence-corrected chi connectivity index (χ0v) is 14.7. The maximum Gasteiger partial charge on any atom is 0.321 e. The summed E-state index contributed by atoms with van der Waals surface area (Å²) in [5.74, 6) is -0.807. The molecule has 3 rings (SSSR count). The van der Waals surface area contributed by atoms with Crippen LogP contribution in [0.15, 0.2) is 0 Å². The molecular formula is C16H24N4O3S. The van der Waals surface area contributed by atoms with Crippen molar-refractivity contribution in [2.24, 2.45) is 0 Å².